The van der Waals surface area contributed by atoms with Crippen LogP contribution in [0.25, 0.3) is 0 Å². The summed E-state index contributed by atoms with van der Waals surface area (Å²) in [5.74, 6) is 0.178. The van der Waals surface area contributed by atoms with Gasteiger partial charge in [-0.3, -0.25) is 0 Å². The second-order valence-electron chi connectivity index (χ2n) is 8.94. The lowest BCUT2D eigenvalue weighted by molar-refractivity contribution is -0.162. The van der Waals surface area contributed by atoms with Gasteiger partial charge in [0, 0.05) is 17.7 Å². The highest BCUT2D eigenvalue weighted by Crippen LogP contribution is 2.48. The molecule has 2 aliphatic rings. The molecule has 4 N–H and O–H groups in total. The Hall–Kier alpha value is -2.93. The molecule has 1 atom stereocenters. The van der Waals surface area contributed by atoms with Crippen LogP contribution in [0.4, 0.5) is 4.79 Å². The summed E-state index contributed by atoms with van der Waals surface area (Å²) < 4.78 is 6.14. The van der Waals surface area contributed by atoms with Gasteiger partial charge in [0.1, 0.15) is 16.3 Å². The molecule has 2 amide bonds. The number of carbonyl (C=O) groups is 2. The molecule has 1 saturated carbocycles. The van der Waals surface area contributed by atoms with Crippen LogP contribution in [0.5, 0.6) is 0 Å². The van der Waals surface area contributed by atoms with Crippen molar-refractivity contribution in [3.63, 3.8) is 0 Å². The first-order chi connectivity index (χ1) is 15.9. The van der Waals surface area contributed by atoms with Gasteiger partial charge in [0.15, 0.2) is 0 Å². The number of hydrogen-bond donors (Lipinski definition) is 3. The Morgan fingerprint density at radius 3 is 2.30 bits per heavy atom. The van der Waals surface area contributed by atoms with Crippen LogP contribution in [0.3, 0.4) is 0 Å². The highest BCUT2D eigenvalue weighted by molar-refractivity contribution is 8.04. The molecule has 1 heterocycles. The maximum absolute atomic E-state index is 13.2. The van der Waals surface area contributed by atoms with E-state index in [2.05, 4.69) is 5.32 Å². The van der Waals surface area contributed by atoms with E-state index in [0.717, 1.165) is 37.7 Å². The van der Waals surface area contributed by atoms with Crippen molar-refractivity contribution in [2.45, 2.75) is 56.1 Å². The number of hydrogen-bond acceptors (Lipinski definition) is 5. The highest BCUT2D eigenvalue weighted by atomic mass is 32.2. The topological polar surface area (TPSA) is 102 Å². The summed E-state index contributed by atoms with van der Waals surface area (Å²) in [5.41, 5.74) is 5.84. The van der Waals surface area contributed by atoms with Gasteiger partial charge in [-0.2, -0.15) is 0 Å². The molecule has 1 aliphatic carbocycles. The summed E-state index contributed by atoms with van der Waals surface area (Å²) in [6.45, 7) is 0. The second kappa shape index (κ2) is 9.91. The summed E-state index contributed by atoms with van der Waals surface area (Å²) in [4.78, 5) is 25.2. The minimum atomic E-state index is -1.07. The van der Waals surface area contributed by atoms with E-state index in [9.17, 15) is 14.7 Å². The number of thioether (sulfide) groups is 1. The van der Waals surface area contributed by atoms with E-state index in [0.29, 0.717) is 12.2 Å². The lowest BCUT2D eigenvalue weighted by atomic mass is 9.76. The normalized spacial score (nSPS) is 22.1. The molecule has 7 heteroatoms. The van der Waals surface area contributed by atoms with Gasteiger partial charge in [0.25, 0.3) is 0 Å². The van der Waals surface area contributed by atoms with Crippen LogP contribution in [0.1, 0.15) is 49.7 Å². The monoisotopic (exact) mass is 466 g/mol. The summed E-state index contributed by atoms with van der Waals surface area (Å²) in [7, 11) is 0. The quantitative estimate of drug-likeness (QED) is 0.478. The zero-order valence-corrected chi connectivity index (χ0v) is 19.4. The van der Waals surface area contributed by atoms with Crippen LogP contribution in [-0.4, -0.2) is 28.4 Å². The molecule has 6 nitrogen and oxygen atoms in total. The Morgan fingerprint density at radius 1 is 1.06 bits per heavy atom. The molecule has 1 aliphatic heterocycles. The number of ether oxygens (including phenoxy) is 1. The number of rotatable bonds is 8. The van der Waals surface area contributed by atoms with Crippen molar-refractivity contribution < 1.29 is 19.4 Å². The van der Waals surface area contributed by atoms with Gasteiger partial charge in [-0.1, -0.05) is 73.5 Å². The number of carbonyl (C=O) groups excluding carboxylic acids is 2. The molecule has 33 heavy (non-hydrogen) atoms. The van der Waals surface area contributed by atoms with Crippen LogP contribution in [0, 0.1) is 0 Å². The predicted octanol–water partition coefficient (Wildman–Crippen LogP) is 4.95. The number of esters is 1. The number of nitrogens with one attached hydrogen (secondary N) is 1. The Bertz CT molecular complexity index is 1020. The smallest absolute Gasteiger partial charge is 0.348 e. The fourth-order valence-corrected chi connectivity index (χ4v) is 6.04. The number of primary amides is 1. The summed E-state index contributed by atoms with van der Waals surface area (Å²) in [6, 6.07) is 18.9. The van der Waals surface area contributed by atoms with Gasteiger partial charge in [0.2, 0.25) is 0 Å². The Labute approximate surface area is 198 Å². The van der Waals surface area contributed by atoms with Gasteiger partial charge in [-0.05, 0) is 30.4 Å². The largest absolute Gasteiger partial charge is 0.511 e. The van der Waals surface area contributed by atoms with Crippen molar-refractivity contribution in [1.29, 1.82) is 0 Å². The fourth-order valence-electron chi connectivity index (χ4n) is 5.10. The Balaban J connectivity index is 1.59. The molecule has 2 aromatic rings. The van der Waals surface area contributed by atoms with E-state index in [1.807, 2.05) is 60.7 Å². The van der Waals surface area contributed by atoms with E-state index in [1.54, 1.807) is 0 Å². The van der Waals surface area contributed by atoms with Gasteiger partial charge in [-0.25, -0.2) is 9.59 Å². The third-order valence-electron chi connectivity index (χ3n) is 6.54. The third-order valence-corrected chi connectivity index (χ3v) is 7.64. The molecule has 1 fully saturated rings. The van der Waals surface area contributed by atoms with Crippen LogP contribution < -0.4 is 11.1 Å². The Kier molecular flexibility index (Phi) is 6.98. The van der Waals surface area contributed by atoms with Crippen LogP contribution in [0.2, 0.25) is 0 Å². The number of cyclic esters (lactones) is 1. The van der Waals surface area contributed by atoms with Crippen LogP contribution >= 0.6 is 11.8 Å². The average Bonchev–Trinajstić information content (AvgIpc) is 3.24. The maximum atomic E-state index is 13.2. The minimum absolute atomic E-state index is 0.0420. The maximum Gasteiger partial charge on any atom is 0.348 e. The number of aliphatic hydroxyl groups excluding tert-OH is 1. The van der Waals surface area contributed by atoms with Crippen molar-refractivity contribution in [1.82, 2.24) is 5.32 Å². The van der Waals surface area contributed by atoms with Gasteiger partial charge in [0.05, 0.1) is 6.42 Å². The zero-order valence-electron chi connectivity index (χ0n) is 18.6. The van der Waals surface area contributed by atoms with Gasteiger partial charge < -0.3 is 20.9 Å². The molecule has 0 aromatic heterocycles. The van der Waals surface area contributed by atoms with E-state index in [4.69, 9.17) is 10.5 Å². The van der Waals surface area contributed by atoms with Crippen LogP contribution in [0.15, 0.2) is 71.3 Å². The van der Waals surface area contributed by atoms with Gasteiger partial charge in [-0.15, -0.1) is 11.8 Å². The third kappa shape index (κ3) is 5.36. The number of nitrogens with two attached hydrogens (primary N) is 1. The van der Waals surface area contributed by atoms with Crippen LogP contribution in [-0.2, 0) is 21.6 Å². The van der Waals surface area contributed by atoms with Gasteiger partial charge >= 0.3 is 12.0 Å². The second-order valence-corrected chi connectivity index (χ2v) is 10.0. The summed E-state index contributed by atoms with van der Waals surface area (Å²) in [6.07, 6.45) is 4.74. The Morgan fingerprint density at radius 2 is 1.70 bits per heavy atom. The zero-order chi connectivity index (χ0) is 23.3. The standard InChI is InChI=1S/C26H30N2O4S/c27-24(31)28-25(14-7-8-15-25)18-26(20-11-5-2-6-12-20)17-21(29)22(23(30)32-26)33-16-13-19-9-3-1-4-10-19/h1-6,9-12,29H,7-8,13-18H2,(H3,27,28,31). The molecule has 0 saturated heterocycles. The van der Waals surface area contributed by atoms with Crippen molar-refractivity contribution in [3.05, 3.63) is 82.5 Å². The molecule has 0 spiro atoms. The number of benzene rings is 2. The fraction of sp³-hybridized carbons (Fsp3) is 0.385. The van der Waals surface area contributed by atoms with Crippen molar-refractivity contribution in [2.75, 3.05) is 5.75 Å². The summed E-state index contributed by atoms with van der Waals surface area (Å²) in [5, 5.41) is 14.0. The molecular weight excluding hydrogens is 436 g/mol. The number of amides is 2. The van der Waals surface area contributed by atoms with E-state index in [-0.39, 0.29) is 17.1 Å². The highest BCUT2D eigenvalue weighted by Gasteiger charge is 2.50. The predicted molar refractivity (Wildman–Crippen MR) is 130 cm³/mol. The number of aliphatic hydroxyl groups is 1. The molecule has 1 unspecified atom stereocenters. The first-order valence-corrected chi connectivity index (χ1v) is 12.4. The lowest BCUT2D eigenvalue weighted by Crippen LogP contribution is -2.54. The van der Waals surface area contributed by atoms with E-state index in [1.165, 1.54) is 17.3 Å². The molecule has 2 aromatic carbocycles. The SMILES string of the molecule is NC(=O)NC1(CC2(c3ccccc3)CC(O)=C(SCCc3ccccc3)C(=O)O2)CCCC1. The molecule has 174 valence electrons. The lowest BCUT2D eigenvalue weighted by Gasteiger charge is -2.43. The molecule has 4 rings (SSSR count). The molecular formula is C26H30N2O4S. The molecule has 0 radical (unpaired) electrons. The van der Waals surface area contributed by atoms with Crippen molar-refractivity contribution in [2.24, 2.45) is 5.73 Å². The number of urea groups is 1. The van der Waals surface area contributed by atoms with Crippen molar-refractivity contribution >= 4 is 23.8 Å². The van der Waals surface area contributed by atoms with E-state index >= 15 is 0 Å². The average molecular weight is 467 g/mol. The first kappa shape index (κ1) is 23.2. The first-order valence-electron chi connectivity index (χ1n) is 11.4. The summed E-state index contributed by atoms with van der Waals surface area (Å²) >= 11 is 1.32. The molecule has 0 bridgehead atoms. The van der Waals surface area contributed by atoms with Crippen molar-refractivity contribution in [3.8, 4) is 0 Å². The minimum Gasteiger partial charge on any atom is -0.511 e. The number of aryl methyl sites for hydroxylation is 1. The van der Waals surface area contributed by atoms with E-state index < -0.39 is 23.1 Å².